The zero-order valence-electron chi connectivity index (χ0n) is 10.6. The minimum absolute atomic E-state index is 0.0329. The number of carbonyl (C=O) groups excluding carboxylic acids is 1. The molecule has 0 aliphatic rings. The van der Waals surface area contributed by atoms with Gasteiger partial charge in [0.2, 0.25) is 0 Å². The summed E-state index contributed by atoms with van der Waals surface area (Å²) in [5.74, 6) is -2.36. The van der Waals surface area contributed by atoms with Gasteiger partial charge >= 0.3 is 5.97 Å². The van der Waals surface area contributed by atoms with Crippen molar-refractivity contribution in [3.63, 3.8) is 0 Å². The Kier molecular flexibility index (Phi) is 5.02. The van der Waals surface area contributed by atoms with Gasteiger partial charge in [0.05, 0.1) is 23.8 Å². The quantitative estimate of drug-likeness (QED) is 0.608. The number of phenols is 1. The predicted molar refractivity (Wildman–Crippen MR) is 81.6 cm³/mol. The second-order valence-corrected chi connectivity index (χ2v) is 6.42. The highest BCUT2D eigenvalue weighted by molar-refractivity contribution is 9.10. The van der Waals surface area contributed by atoms with Crippen LogP contribution >= 0.6 is 38.9 Å². The molecule has 112 valence electrons. The maximum atomic E-state index is 13.9. The van der Waals surface area contributed by atoms with E-state index in [-0.39, 0.29) is 10.2 Å². The van der Waals surface area contributed by atoms with Crippen LogP contribution in [0.4, 0.5) is 10.1 Å². The fourth-order valence-corrected chi connectivity index (χ4v) is 2.93. The number of halogens is 3. The number of ether oxygens (including phenoxy) is 1. The molecule has 1 aromatic carbocycles. The lowest BCUT2D eigenvalue weighted by Crippen LogP contribution is -2.08. The van der Waals surface area contributed by atoms with Gasteiger partial charge in [0, 0.05) is 11.1 Å². The summed E-state index contributed by atoms with van der Waals surface area (Å²) in [5.41, 5.74) is -0.343. The lowest BCUT2D eigenvalue weighted by molar-refractivity contribution is 0.0592. The summed E-state index contributed by atoms with van der Waals surface area (Å²) in [7, 11) is 1.11. The van der Waals surface area contributed by atoms with E-state index < -0.39 is 23.1 Å². The van der Waals surface area contributed by atoms with Gasteiger partial charge in [0.1, 0.15) is 5.56 Å². The lowest BCUT2D eigenvalue weighted by atomic mass is 10.1. The number of aromatic hydroxyl groups is 1. The van der Waals surface area contributed by atoms with Crippen molar-refractivity contribution in [3.8, 4) is 5.75 Å². The van der Waals surface area contributed by atoms with E-state index in [9.17, 15) is 14.3 Å². The van der Waals surface area contributed by atoms with Crippen LogP contribution in [0.3, 0.4) is 0 Å². The number of phenolic OH excluding ortho intramolecular Hbond substituents is 1. The molecule has 2 N–H and O–H groups in total. The molecule has 0 amide bonds. The molecular formula is C12H9BrClFN2O3S. The molecule has 2 rings (SSSR count). The number of thiazole rings is 1. The molecule has 5 nitrogen and oxygen atoms in total. The van der Waals surface area contributed by atoms with Crippen molar-refractivity contribution in [2.24, 2.45) is 0 Å². The third-order valence-electron chi connectivity index (χ3n) is 2.56. The Bertz CT molecular complexity index is 695. The molecule has 0 unspecified atom stereocenters. The fourth-order valence-electron chi connectivity index (χ4n) is 1.59. The van der Waals surface area contributed by atoms with Crippen LogP contribution in [0.2, 0.25) is 4.47 Å². The van der Waals surface area contributed by atoms with Crippen LogP contribution in [-0.2, 0) is 11.3 Å². The average Bonchev–Trinajstić information content (AvgIpc) is 2.87. The normalized spacial score (nSPS) is 10.5. The van der Waals surface area contributed by atoms with Gasteiger partial charge in [0.25, 0.3) is 0 Å². The zero-order valence-corrected chi connectivity index (χ0v) is 13.8. The maximum Gasteiger partial charge on any atom is 0.344 e. The number of methoxy groups -OCH3 is 1. The highest BCUT2D eigenvalue weighted by Gasteiger charge is 2.23. The number of hydrogen-bond donors (Lipinski definition) is 2. The minimum Gasteiger partial charge on any atom is -0.505 e. The van der Waals surface area contributed by atoms with E-state index in [1.54, 1.807) is 6.20 Å². The molecule has 1 heterocycles. The Hall–Kier alpha value is -1.38. The number of anilines is 1. The lowest BCUT2D eigenvalue weighted by Gasteiger charge is -2.12. The van der Waals surface area contributed by atoms with Gasteiger partial charge in [0.15, 0.2) is 16.0 Å². The monoisotopic (exact) mass is 394 g/mol. The smallest absolute Gasteiger partial charge is 0.344 e. The van der Waals surface area contributed by atoms with Gasteiger partial charge in [-0.05, 0) is 22.0 Å². The summed E-state index contributed by atoms with van der Waals surface area (Å²) in [4.78, 5) is 16.2. The van der Waals surface area contributed by atoms with Crippen LogP contribution in [-0.4, -0.2) is 23.2 Å². The van der Waals surface area contributed by atoms with Crippen molar-refractivity contribution in [3.05, 3.63) is 37.5 Å². The predicted octanol–water partition coefficient (Wildman–Crippen LogP) is 3.80. The van der Waals surface area contributed by atoms with Crippen molar-refractivity contribution in [2.45, 2.75) is 6.54 Å². The van der Waals surface area contributed by atoms with Crippen LogP contribution in [0.1, 0.15) is 15.2 Å². The van der Waals surface area contributed by atoms with Crippen LogP contribution in [0.15, 0.2) is 16.7 Å². The molecule has 0 saturated heterocycles. The van der Waals surface area contributed by atoms with E-state index in [1.165, 1.54) is 17.4 Å². The Balaban J connectivity index is 2.31. The minimum atomic E-state index is -0.963. The van der Waals surface area contributed by atoms with Crippen molar-refractivity contribution >= 4 is 50.5 Å². The molecule has 0 radical (unpaired) electrons. The number of hydrogen-bond acceptors (Lipinski definition) is 6. The molecule has 0 spiro atoms. The summed E-state index contributed by atoms with van der Waals surface area (Å²) in [6, 6.07) is 1.33. The molecule has 21 heavy (non-hydrogen) atoms. The van der Waals surface area contributed by atoms with E-state index in [1.807, 2.05) is 0 Å². The standard InChI is InChI=1S/C12H9BrClFN2O3S/c1-20-11(19)8-9(15)6(13)2-7(10(8)18)16-3-5-4-17-12(14)21-5/h2,4,16,18H,3H2,1H3. The molecule has 1 aromatic heterocycles. The Morgan fingerprint density at radius 1 is 1.67 bits per heavy atom. The molecule has 0 saturated carbocycles. The molecule has 0 aliphatic heterocycles. The van der Waals surface area contributed by atoms with Gasteiger partial charge < -0.3 is 15.2 Å². The molecular weight excluding hydrogens is 387 g/mol. The molecule has 0 bridgehead atoms. The molecule has 0 fully saturated rings. The number of benzene rings is 1. The van der Waals surface area contributed by atoms with Crippen molar-refractivity contribution in [2.75, 3.05) is 12.4 Å². The number of carbonyl (C=O) groups is 1. The van der Waals surface area contributed by atoms with Crippen molar-refractivity contribution < 1.29 is 19.0 Å². The van der Waals surface area contributed by atoms with Crippen molar-refractivity contribution in [1.29, 1.82) is 0 Å². The highest BCUT2D eigenvalue weighted by Crippen LogP contribution is 2.35. The van der Waals surface area contributed by atoms with Gasteiger partial charge in [-0.2, -0.15) is 0 Å². The Labute approximate surface area is 136 Å². The summed E-state index contributed by atoms with van der Waals surface area (Å²) in [5, 5.41) is 12.9. The first-order valence-electron chi connectivity index (χ1n) is 5.57. The largest absolute Gasteiger partial charge is 0.505 e. The van der Waals surface area contributed by atoms with Gasteiger partial charge in [-0.15, -0.1) is 11.3 Å². The van der Waals surface area contributed by atoms with E-state index in [0.717, 1.165) is 12.0 Å². The summed E-state index contributed by atoms with van der Waals surface area (Å²) < 4.78 is 18.8. The Morgan fingerprint density at radius 3 is 2.95 bits per heavy atom. The third kappa shape index (κ3) is 3.45. The highest BCUT2D eigenvalue weighted by atomic mass is 79.9. The first-order valence-corrected chi connectivity index (χ1v) is 7.56. The van der Waals surface area contributed by atoms with Gasteiger partial charge in [-0.1, -0.05) is 11.6 Å². The zero-order chi connectivity index (χ0) is 15.6. The third-order valence-corrected chi connectivity index (χ3v) is 4.25. The molecule has 0 aliphatic carbocycles. The SMILES string of the molecule is COC(=O)c1c(O)c(NCc2cnc(Cl)s2)cc(Br)c1F. The van der Waals surface area contributed by atoms with Gasteiger partial charge in [-0.25, -0.2) is 14.2 Å². The number of rotatable bonds is 4. The second-order valence-electron chi connectivity index (χ2n) is 3.87. The van der Waals surface area contributed by atoms with Crippen LogP contribution in [0.25, 0.3) is 0 Å². The number of nitrogens with one attached hydrogen (secondary N) is 1. The van der Waals surface area contributed by atoms with E-state index in [2.05, 4.69) is 31.0 Å². The maximum absolute atomic E-state index is 13.9. The number of esters is 1. The van der Waals surface area contributed by atoms with Crippen LogP contribution in [0.5, 0.6) is 5.75 Å². The van der Waals surface area contributed by atoms with E-state index in [0.29, 0.717) is 11.0 Å². The Morgan fingerprint density at radius 2 is 2.38 bits per heavy atom. The summed E-state index contributed by atoms with van der Waals surface area (Å²) >= 11 is 9.98. The van der Waals surface area contributed by atoms with Crippen LogP contribution in [0, 0.1) is 5.82 Å². The van der Waals surface area contributed by atoms with Crippen molar-refractivity contribution in [1.82, 2.24) is 4.98 Å². The first-order chi connectivity index (χ1) is 9.93. The van der Waals surface area contributed by atoms with Gasteiger partial charge in [-0.3, -0.25) is 0 Å². The van der Waals surface area contributed by atoms with Crippen LogP contribution < -0.4 is 5.32 Å². The number of nitrogens with zero attached hydrogens (tertiary/aromatic N) is 1. The summed E-state index contributed by atoms with van der Waals surface area (Å²) in [6.07, 6.45) is 1.58. The topological polar surface area (TPSA) is 71.5 Å². The second kappa shape index (κ2) is 6.59. The average molecular weight is 396 g/mol. The fraction of sp³-hybridized carbons (Fsp3) is 0.167. The molecule has 0 atom stereocenters. The first kappa shape index (κ1) is 16.0. The van der Waals surface area contributed by atoms with E-state index >= 15 is 0 Å². The molecule has 2 aromatic rings. The number of aromatic nitrogens is 1. The van der Waals surface area contributed by atoms with E-state index in [4.69, 9.17) is 11.6 Å². The summed E-state index contributed by atoms with van der Waals surface area (Å²) in [6.45, 7) is 0.316. The molecule has 9 heteroatoms.